The van der Waals surface area contributed by atoms with Gasteiger partial charge in [-0.15, -0.1) is 0 Å². The molecule has 29 heavy (non-hydrogen) atoms. The number of phenols is 1. The van der Waals surface area contributed by atoms with Crippen LogP contribution >= 0.6 is 0 Å². The summed E-state index contributed by atoms with van der Waals surface area (Å²) in [4.78, 5) is 16.9. The summed E-state index contributed by atoms with van der Waals surface area (Å²) in [5.74, 6) is 0.153. The van der Waals surface area contributed by atoms with Gasteiger partial charge in [-0.2, -0.15) is 0 Å². The molecular weight excluding hydrogens is 364 g/mol. The van der Waals surface area contributed by atoms with Crippen LogP contribution in [0.2, 0.25) is 0 Å². The van der Waals surface area contributed by atoms with E-state index in [0.717, 1.165) is 28.8 Å². The van der Waals surface area contributed by atoms with Crippen molar-refractivity contribution in [3.63, 3.8) is 0 Å². The number of amides is 1. The molecule has 148 valence electrons. The number of pyridine rings is 1. The number of para-hydroxylation sites is 2. The van der Waals surface area contributed by atoms with Gasteiger partial charge < -0.3 is 15.2 Å². The Kier molecular flexibility index (Phi) is 6.63. The first kappa shape index (κ1) is 20.1. The molecule has 0 aliphatic carbocycles. The summed E-state index contributed by atoms with van der Waals surface area (Å²) in [6.07, 6.45) is 3.93. The van der Waals surface area contributed by atoms with Crippen molar-refractivity contribution in [3.8, 4) is 11.6 Å². The van der Waals surface area contributed by atoms with Crippen LogP contribution in [0.15, 0.2) is 66.7 Å². The third kappa shape index (κ3) is 5.45. The van der Waals surface area contributed by atoms with Crippen molar-refractivity contribution in [2.45, 2.75) is 26.9 Å². The summed E-state index contributed by atoms with van der Waals surface area (Å²) in [5.41, 5.74) is 4.14. The topological polar surface area (TPSA) is 71.5 Å². The average molecular weight is 388 g/mol. The second-order valence-electron chi connectivity index (χ2n) is 6.59. The van der Waals surface area contributed by atoms with Crippen LogP contribution in [0, 0.1) is 6.92 Å². The number of ether oxygens (including phenoxy) is 1. The highest BCUT2D eigenvalue weighted by Gasteiger charge is 2.10. The largest absolute Gasteiger partial charge is 0.506 e. The van der Waals surface area contributed by atoms with Crippen LogP contribution in [0.5, 0.6) is 11.6 Å². The predicted octanol–water partition coefficient (Wildman–Crippen LogP) is 4.89. The zero-order valence-corrected chi connectivity index (χ0v) is 16.6. The summed E-state index contributed by atoms with van der Waals surface area (Å²) >= 11 is 0. The number of carbonyl (C=O) groups excluding carboxylic acids is 1. The number of anilines is 1. The Hall–Kier alpha value is -3.60. The third-order valence-electron chi connectivity index (χ3n) is 4.49. The minimum absolute atomic E-state index is 0.0198. The molecule has 5 heteroatoms. The molecule has 0 saturated carbocycles. The Morgan fingerprint density at radius 1 is 1.14 bits per heavy atom. The van der Waals surface area contributed by atoms with Crippen molar-refractivity contribution >= 4 is 17.7 Å². The van der Waals surface area contributed by atoms with E-state index in [1.807, 2.05) is 43.3 Å². The lowest BCUT2D eigenvalue weighted by Crippen LogP contribution is -2.08. The SMILES string of the molecule is CCc1cc(/C=C/C(=O)Nc2ccccc2O)c(OCc2ccccc2)nc1C. The number of aromatic nitrogens is 1. The van der Waals surface area contributed by atoms with E-state index in [1.54, 1.807) is 24.3 Å². The van der Waals surface area contributed by atoms with Crippen molar-refractivity contribution in [2.24, 2.45) is 0 Å². The molecule has 0 aliphatic heterocycles. The van der Waals surface area contributed by atoms with Gasteiger partial charge in [0.1, 0.15) is 12.4 Å². The highest BCUT2D eigenvalue weighted by atomic mass is 16.5. The first-order chi connectivity index (χ1) is 14.1. The molecule has 0 fully saturated rings. The molecule has 5 nitrogen and oxygen atoms in total. The number of nitrogens with one attached hydrogen (secondary N) is 1. The van der Waals surface area contributed by atoms with E-state index >= 15 is 0 Å². The molecule has 0 radical (unpaired) electrons. The van der Waals surface area contributed by atoms with Gasteiger partial charge in [-0.3, -0.25) is 4.79 Å². The molecule has 2 aromatic carbocycles. The molecule has 0 spiro atoms. The van der Waals surface area contributed by atoms with Gasteiger partial charge in [0, 0.05) is 17.3 Å². The zero-order chi connectivity index (χ0) is 20.6. The molecule has 2 N–H and O–H groups in total. The van der Waals surface area contributed by atoms with Crippen molar-refractivity contribution < 1.29 is 14.6 Å². The van der Waals surface area contributed by atoms with E-state index in [9.17, 15) is 9.90 Å². The van der Waals surface area contributed by atoms with Crippen LogP contribution in [0.1, 0.15) is 29.3 Å². The van der Waals surface area contributed by atoms with Gasteiger partial charge in [0.05, 0.1) is 5.69 Å². The third-order valence-corrected chi connectivity index (χ3v) is 4.49. The van der Waals surface area contributed by atoms with E-state index in [-0.39, 0.29) is 11.7 Å². The van der Waals surface area contributed by atoms with Crippen LogP contribution in [-0.2, 0) is 17.8 Å². The molecule has 1 aromatic heterocycles. The Bertz CT molecular complexity index is 1010. The first-order valence-electron chi connectivity index (χ1n) is 9.51. The van der Waals surface area contributed by atoms with E-state index in [2.05, 4.69) is 17.2 Å². The Morgan fingerprint density at radius 2 is 1.86 bits per heavy atom. The summed E-state index contributed by atoms with van der Waals surface area (Å²) in [7, 11) is 0. The lowest BCUT2D eigenvalue weighted by molar-refractivity contribution is -0.111. The number of nitrogens with zero attached hydrogens (tertiary/aromatic N) is 1. The molecule has 1 heterocycles. The number of hydrogen-bond acceptors (Lipinski definition) is 4. The van der Waals surface area contributed by atoms with Crippen LogP contribution in [0.25, 0.3) is 6.08 Å². The standard InChI is InChI=1S/C24H24N2O3/c1-3-19-15-20(13-14-23(28)26-21-11-7-8-12-22(21)27)24(25-17(19)2)29-16-18-9-5-4-6-10-18/h4-15,27H,3,16H2,1-2H3,(H,26,28)/b14-13+. The number of aryl methyl sites for hydroxylation is 2. The normalized spacial score (nSPS) is 10.8. The molecule has 0 bridgehead atoms. The number of aromatic hydroxyl groups is 1. The van der Waals surface area contributed by atoms with Crippen LogP contribution in [0.4, 0.5) is 5.69 Å². The van der Waals surface area contributed by atoms with E-state index in [4.69, 9.17) is 4.74 Å². The van der Waals surface area contributed by atoms with E-state index in [1.165, 1.54) is 12.1 Å². The summed E-state index contributed by atoms with van der Waals surface area (Å²) in [6.45, 7) is 4.41. The second-order valence-corrected chi connectivity index (χ2v) is 6.59. The fourth-order valence-corrected chi connectivity index (χ4v) is 2.88. The zero-order valence-electron chi connectivity index (χ0n) is 16.6. The van der Waals surface area contributed by atoms with Crippen LogP contribution in [-0.4, -0.2) is 16.0 Å². The Morgan fingerprint density at radius 3 is 2.59 bits per heavy atom. The van der Waals surface area contributed by atoms with Crippen LogP contribution in [0.3, 0.4) is 0 Å². The molecule has 0 aliphatic rings. The van der Waals surface area contributed by atoms with Gasteiger partial charge in [0.15, 0.2) is 0 Å². The fraction of sp³-hybridized carbons (Fsp3) is 0.167. The number of carbonyl (C=O) groups is 1. The van der Waals surface area contributed by atoms with Crippen molar-refractivity contribution in [3.05, 3.63) is 89.1 Å². The smallest absolute Gasteiger partial charge is 0.248 e. The Balaban J connectivity index is 1.79. The maximum absolute atomic E-state index is 12.3. The first-order valence-corrected chi connectivity index (χ1v) is 9.51. The molecule has 0 unspecified atom stereocenters. The second kappa shape index (κ2) is 9.55. The van der Waals surface area contributed by atoms with Crippen LogP contribution < -0.4 is 10.1 Å². The minimum Gasteiger partial charge on any atom is -0.506 e. The molecule has 1 amide bonds. The van der Waals surface area contributed by atoms with Crippen molar-refractivity contribution in [2.75, 3.05) is 5.32 Å². The van der Waals surface area contributed by atoms with E-state index in [0.29, 0.717) is 18.2 Å². The van der Waals surface area contributed by atoms with Gasteiger partial charge in [0.2, 0.25) is 11.8 Å². The number of hydrogen-bond donors (Lipinski definition) is 2. The van der Waals surface area contributed by atoms with Gasteiger partial charge >= 0.3 is 0 Å². The lowest BCUT2D eigenvalue weighted by atomic mass is 10.1. The molecule has 3 rings (SSSR count). The number of benzene rings is 2. The molecule has 0 atom stereocenters. The summed E-state index contributed by atoms with van der Waals surface area (Å²) in [6, 6.07) is 18.4. The Labute approximate surface area is 170 Å². The van der Waals surface area contributed by atoms with Crippen molar-refractivity contribution in [1.82, 2.24) is 4.98 Å². The lowest BCUT2D eigenvalue weighted by Gasteiger charge is -2.12. The maximum Gasteiger partial charge on any atom is 0.248 e. The quantitative estimate of drug-likeness (QED) is 0.447. The maximum atomic E-state index is 12.3. The van der Waals surface area contributed by atoms with Gasteiger partial charge in [-0.25, -0.2) is 4.98 Å². The van der Waals surface area contributed by atoms with E-state index < -0.39 is 0 Å². The highest BCUT2D eigenvalue weighted by molar-refractivity contribution is 6.02. The number of phenolic OH excluding ortho intramolecular Hbond substituents is 1. The van der Waals surface area contributed by atoms with Gasteiger partial charge in [-0.05, 0) is 48.7 Å². The summed E-state index contributed by atoms with van der Waals surface area (Å²) < 4.78 is 5.94. The molecule has 3 aromatic rings. The molecule has 0 saturated heterocycles. The fourth-order valence-electron chi connectivity index (χ4n) is 2.88. The van der Waals surface area contributed by atoms with Gasteiger partial charge in [0.25, 0.3) is 0 Å². The molecular formula is C24H24N2O3. The summed E-state index contributed by atoms with van der Waals surface area (Å²) in [5, 5.41) is 12.5. The van der Waals surface area contributed by atoms with Crippen molar-refractivity contribution in [1.29, 1.82) is 0 Å². The minimum atomic E-state index is -0.348. The monoisotopic (exact) mass is 388 g/mol. The number of rotatable bonds is 7. The van der Waals surface area contributed by atoms with Gasteiger partial charge in [-0.1, -0.05) is 49.4 Å². The average Bonchev–Trinajstić information content (AvgIpc) is 2.74. The predicted molar refractivity (Wildman–Crippen MR) is 115 cm³/mol. The highest BCUT2D eigenvalue weighted by Crippen LogP contribution is 2.24.